The number of nitro groups is 1. The summed E-state index contributed by atoms with van der Waals surface area (Å²) in [6, 6.07) is 4.60. The summed E-state index contributed by atoms with van der Waals surface area (Å²) in [7, 11) is 1.57. The highest BCUT2D eigenvalue weighted by atomic mass is 16.6. The van der Waals surface area contributed by atoms with Crippen molar-refractivity contribution in [2.45, 2.75) is 19.3 Å². The van der Waals surface area contributed by atoms with Crippen molar-refractivity contribution in [2.24, 2.45) is 0 Å². The molecule has 2 rings (SSSR count). The van der Waals surface area contributed by atoms with Gasteiger partial charge in [-0.25, -0.2) is 0 Å². The highest BCUT2D eigenvalue weighted by molar-refractivity contribution is 5.61. The Bertz CT molecular complexity index is 459. The van der Waals surface area contributed by atoms with Crippen molar-refractivity contribution in [1.82, 2.24) is 4.90 Å². The van der Waals surface area contributed by atoms with Crippen LogP contribution in [0.3, 0.4) is 0 Å². The zero-order valence-corrected chi connectivity index (χ0v) is 11.8. The van der Waals surface area contributed by atoms with Crippen molar-refractivity contribution in [1.29, 1.82) is 0 Å². The fraction of sp³-hybridized carbons (Fsp3) is 0.571. The lowest BCUT2D eigenvalue weighted by molar-refractivity contribution is -0.384. The summed E-state index contributed by atoms with van der Waals surface area (Å²) in [5, 5.41) is 14.0. The van der Waals surface area contributed by atoms with Crippen LogP contribution in [0.1, 0.15) is 19.3 Å². The average Bonchev–Trinajstić information content (AvgIpc) is 2.48. The zero-order chi connectivity index (χ0) is 14.4. The van der Waals surface area contributed by atoms with Gasteiger partial charge in [-0.15, -0.1) is 0 Å². The molecule has 0 bridgehead atoms. The van der Waals surface area contributed by atoms with Crippen molar-refractivity contribution in [3.8, 4) is 5.75 Å². The van der Waals surface area contributed by atoms with Crippen LogP contribution in [0.25, 0.3) is 0 Å². The SMILES string of the molecule is COc1ccc([N+](=O)[O-])cc1NCCN1CCCCC1. The number of hydrogen-bond donors (Lipinski definition) is 1. The van der Waals surface area contributed by atoms with Crippen molar-refractivity contribution in [3.63, 3.8) is 0 Å². The van der Waals surface area contributed by atoms with E-state index < -0.39 is 4.92 Å². The number of likely N-dealkylation sites (tertiary alicyclic amines) is 1. The molecule has 1 heterocycles. The van der Waals surface area contributed by atoms with Gasteiger partial charge in [-0.1, -0.05) is 6.42 Å². The Balaban J connectivity index is 1.93. The maximum Gasteiger partial charge on any atom is 0.271 e. The molecule has 0 saturated carbocycles. The second-order valence-corrected chi connectivity index (χ2v) is 4.97. The molecule has 0 spiro atoms. The Morgan fingerprint density at radius 1 is 1.35 bits per heavy atom. The quantitative estimate of drug-likeness (QED) is 0.640. The van der Waals surface area contributed by atoms with Gasteiger partial charge in [0.15, 0.2) is 0 Å². The minimum atomic E-state index is -0.394. The Kier molecular flexibility index (Phi) is 5.17. The van der Waals surface area contributed by atoms with Crippen LogP contribution in [0.4, 0.5) is 11.4 Å². The van der Waals surface area contributed by atoms with Crippen LogP contribution in [-0.2, 0) is 0 Å². The van der Waals surface area contributed by atoms with E-state index in [4.69, 9.17) is 4.74 Å². The van der Waals surface area contributed by atoms with Crippen molar-refractivity contribution in [3.05, 3.63) is 28.3 Å². The van der Waals surface area contributed by atoms with E-state index in [2.05, 4.69) is 10.2 Å². The van der Waals surface area contributed by atoms with Gasteiger partial charge in [-0.05, 0) is 32.0 Å². The minimum absolute atomic E-state index is 0.0753. The van der Waals surface area contributed by atoms with Gasteiger partial charge in [0.25, 0.3) is 5.69 Å². The van der Waals surface area contributed by atoms with Gasteiger partial charge < -0.3 is 15.0 Å². The van der Waals surface area contributed by atoms with Crippen molar-refractivity contribution in [2.75, 3.05) is 38.6 Å². The third kappa shape index (κ3) is 3.84. The lowest BCUT2D eigenvalue weighted by Gasteiger charge is -2.26. The largest absolute Gasteiger partial charge is 0.495 e. The monoisotopic (exact) mass is 279 g/mol. The Morgan fingerprint density at radius 3 is 2.75 bits per heavy atom. The fourth-order valence-electron chi connectivity index (χ4n) is 2.48. The molecule has 1 aliphatic heterocycles. The second-order valence-electron chi connectivity index (χ2n) is 4.97. The van der Waals surface area contributed by atoms with E-state index in [1.165, 1.54) is 31.4 Å². The predicted octanol–water partition coefficient (Wildman–Crippen LogP) is 2.50. The van der Waals surface area contributed by atoms with Gasteiger partial charge in [0.1, 0.15) is 5.75 Å². The number of nitro benzene ring substituents is 1. The van der Waals surface area contributed by atoms with E-state index in [1.807, 2.05) is 0 Å². The number of ether oxygens (including phenoxy) is 1. The van der Waals surface area contributed by atoms with E-state index in [9.17, 15) is 10.1 Å². The van der Waals surface area contributed by atoms with E-state index in [1.54, 1.807) is 13.2 Å². The molecule has 0 aromatic heterocycles. The van der Waals surface area contributed by atoms with Gasteiger partial charge in [0, 0.05) is 25.2 Å². The molecule has 1 aromatic carbocycles. The first kappa shape index (κ1) is 14.6. The average molecular weight is 279 g/mol. The molecule has 1 aliphatic rings. The molecule has 6 heteroatoms. The van der Waals surface area contributed by atoms with E-state index in [0.29, 0.717) is 11.4 Å². The molecule has 1 aromatic rings. The lowest BCUT2D eigenvalue weighted by Crippen LogP contribution is -2.33. The summed E-state index contributed by atoms with van der Waals surface area (Å²) >= 11 is 0. The van der Waals surface area contributed by atoms with Crippen LogP contribution in [-0.4, -0.2) is 43.1 Å². The smallest absolute Gasteiger partial charge is 0.271 e. The van der Waals surface area contributed by atoms with Crippen LogP contribution in [0.2, 0.25) is 0 Å². The van der Waals surface area contributed by atoms with Gasteiger partial charge in [-0.3, -0.25) is 10.1 Å². The van der Waals surface area contributed by atoms with Gasteiger partial charge in [0.05, 0.1) is 17.7 Å². The summed E-state index contributed by atoms with van der Waals surface area (Å²) in [4.78, 5) is 12.8. The Hall–Kier alpha value is -1.82. The fourth-order valence-corrected chi connectivity index (χ4v) is 2.48. The topological polar surface area (TPSA) is 67.6 Å². The molecule has 0 unspecified atom stereocenters. The summed E-state index contributed by atoms with van der Waals surface area (Å²) in [6.07, 6.45) is 3.85. The van der Waals surface area contributed by atoms with Crippen molar-refractivity contribution < 1.29 is 9.66 Å². The molecule has 0 radical (unpaired) electrons. The molecular formula is C14H21N3O3. The third-order valence-electron chi connectivity index (χ3n) is 3.59. The maximum absolute atomic E-state index is 10.8. The number of anilines is 1. The molecular weight excluding hydrogens is 258 g/mol. The van der Waals surface area contributed by atoms with E-state index in [0.717, 1.165) is 26.2 Å². The van der Waals surface area contributed by atoms with Crippen LogP contribution >= 0.6 is 0 Å². The van der Waals surface area contributed by atoms with Crippen LogP contribution < -0.4 is 10.1 Å². The molecule has 0 amide bonds. The Morgan fingerprint density at radius 2 is 2.10 bits per heavy atom. The molecule has 6 nitrogen and oxygen atoms in total. The number of benzene rings is 1. The third-order valence-corrected chi connectivity index (χ3v) is 3.59. The summed E-state index contributed by atoms with van der Waals surface area (Å²) in [5.74, 6) is 0.634. The first-order valence-corrected chi connectivity index (χ1v) is 6.99. The number of piperidine rings is 1. The molecule has 20 heavy (non-hydrogen) atoms. The number of methoxy groups -OCH3 is 1. The summed E-state index contributed by atoms with van der Waals surface area (Å²) in [5.41, 5.74) is 0.755. The molecule has 1 fully saturated rings. The Labute approximate surface area is 118 Å². The number of rotatable bonds is 6. The highest BCUT2D eigenvalue weighted by Gasteiger charge is 2.12. The molecule has 0 aliphatic carbocycles. The standard InChI is InChI=1S/C14H21N3O3/c1-20-14-6-5-12(17(18)19)11-13(14)15-7-10-16-8-3-2-4-9-16/h5-6,11,15H,2-4,7-10H2,1H3. The molecule has 110 valence electrons. The van der Waals surface area contributed by atoms with Gasteiger partial charge in [0.2, 0.25) is 0 Å². The van der Waals surface area contributed by atoms with Crippen LogP contribution in [0.15, 0.2) is 18.2 Å². The van der Waals surface area contributed by atoms with Crippen LogP contribution in [0, 0.1) is 10.1 Å². The normalized spacial score (nSPS) is 15.8. The summed E-state index contributed by atoms with van der Waals surface area (Å²) in [6.45, 7) is 4.00. The van der Waals surface area contributed by atoms with E-state index >= 15 is 0 Å². The van der Waals surface area contributed by atoms with Gasteiger partial charge in [-0.2, -0.15) is 0 Å². The number of non-ortho nitro benzene ring substituents is 1. The zero-order valence-electron chi connectivity index (χ0n) is 11.8. The molecule has 0 atom stereocenters. The molecule has 1 saturated heterocycles. The number of nitrogens with one attached hydrogen (secondary N) is 1. The maximum atomic E-state index is 10.8. The first-order chi connectivity index (χ1) is 9.70. The van der Waals surface area contributed by atoms with Gasteiger partial charge >= 0.3 is 0 Å². The lowest BCUT2D eigenvalue weighted by atomic mass is 10.1. The predicted molar refractivity (Wildman–Crippen MR) is 78.4 cm³/mol. The summed E-state index contributed by atoms with van der Waals surface area (Å²) < 4.78 is 5.22. The highest BCUT2D eigenvalue weighted by Crippen LogP contribution is 2.28. The first-order valence-electron chi connectivity index (χ1n) is 6.99. The second kappa shape index (κ2) is 7.09. The molecule has 1 N–H and O–H groups in total. The number of hydrogen-bond acceptors (Lipinski definition) is 5. The van der Waals surface area contributed by atoms with E-state index in [-0.39, 0.29) is 5.69 Å². The number of nitrogens with zero attached hydrogens (tertiary/aromatic N) is 2. The minimum Gasteiger partial charge on any atom is -0.495 e. The van der Waals surface area contributed by atoms with Crippen molar-refractivity contribution >= 4 is 11.4 Å². The van der Waals surface area contributed by atoms with Crippen LogP contribution in [0.5, 0.6) is 5.75 Å².